The van der Waals surface area contributed by atoms with Crippen LogP contribution in [0.25, 0.3) is 16.5 Å². The summed E-state index contributed by atoms with van der Waals surface area (Å²) >= 11 is 0. The molecule has 8 heteroatoms. The first-order valence-electron chi connectivity index (χ1n) is 10.8. The van der Waals surface area contributed by atoms with Crippen LogP contribution in [0.1, 0.15) is 10.5 Å². The van der Waals surface area contributed by atoms with Gasteiger partial charge < -0.3 is 14.5 Å². The number of benzene rings is 2. The van der Waals surface area contributed by atoms with Crippen LogP contribution in [0.4, 0.5) is 5.69 Å². The number of anilines is 1. The van der Waals surface area contributed by atoms with Gasteiger partial charge in [0.15, 0.2) is 5.69 Å². The summed E-state index contributed by atoms with van der Waals surface area (Å²) in [5.74, 6) is 0.628. The van der Waals surface area contributed by atoms with Crippen molar-refractivity contribution in [1.82, 2.24) is 19.7 Å². The predicted molar refractivity (Wildman–Crippen MR) is 126 cm³/mol. The minimum atomic E-state index is -0.269. The summed E-state index contributed by atoms with van der Waals surface area (Å²) in [7, 11) is 1.66. The van der Waals surface area contributed by atoms with Crippen LogP contribution in [0.5, 0.6) is 5.75 Å². The second-order valence-electron chi connectivity index (χ2n) is 7.77. The number of para-hydroxylation sites is 2. The number of carbonyl (C=O) groups is 1. The molecule has 0 saturated carbocycles. The molecule has 0 bridgehead atoms. The third-order valence-electron chi connectivity index (χ3n) is 5.91. The highest BCUT2D eigenvalue weighted by Gasteiger charge is 2.27. The molecule has 1 saturated heterocycles. The van der Waals surface area contributed by atoms with Crippen molar-refractivity contribution in [2.45, 2.75) is 0 Å². The van der Waals surface area contributed by atoms with E-state index in [0.29, 0.717) is 42.6 Å². The standard InChI is InChI=1S/C25H23N5O3/c1-33-22-9-5-4-8-21(22)28-14-16-29(17-15-28)25(32)23-19-6-2-3-7-20(19)24(31)30(27-23)18-10-12-26-13-11-18/h2-13H,14-17H2,1H3. The highest BCUT2D eigenvalue weighted by atomic mass is 16.5. The molecule has 0 unspecified atom stereocenters. The van der Waals surface area contributed by atoms with Gasteiger partial charge in [-0.1, -0.05) is 30.3 Å². The molecule has 4 aromatic rings. The van der Waals surface area contributed by atoms with E-state index in [0.717, 1.165) is 11.4 Å². The van der Waals surface area contributed by atoms with E-state index in [1.165, 1.54) is 4.68 Å². The van der Waals surface area contributed by atoms with Gasteiger partial charge in [-0.3, -0.25) is 14.6 Å². The number of hydrogen-bond acceptors (Lipinski definition) is 6. The number of nitrogens with zero attached hydrogens (tertiary/aromatic N) is 5. The summed E-state index contributed by atoms with van der Waals surface area (Å²) in [6.07, 6.45) is 3.19. The SMILES string of the molecule is COc1ccccc1N1CCN(C(=O)c2nn(-c3ccncc3)c(=O)c3ccccc23)CC1. The first-order valence-corrected chi connectivity index (χ1v) is 10.8. The Labute approximate surface area is 190 Å². The van der Waals surface area contributed by atoms with Gasteiger partial charge in [-0.05, 0) is 30.3 Å². The van der Waals surface area contributed by atoms with Crippen LogP contribution in [0.3, 0.4) is 0 Å². The van der Waals surface area contributed by atoms with E-state index in [9.17, 15) is 9.59 Å². The number of methoxy groups -OCH3 is 1. The zero-order chi connectivity index (χ0) is 22.8. The van der Waals surface area contributed by atoms with Crippen LogP contribution in [0.15, 0.2) is 77.9 Å². The van der Waals surface area contributed by atoms with E-state index in [-0.39, 0.29) is 17.2 Å². The van der Waals surface area contributed by atoms with E-state index in [1.54, 1.807) is 54.7 Å². The predicted octanol–water partition coefficient (Wildman–Crippen LogP) is 2.75. The normalized spacial score (nSPS) is 13.8. The second-order valence-corrected chi connectivity index (χ2v) is 7.77. The average Bonchev–Trinajstić information content (AvgIpc) is 2.89. The van der Waals surface area contributed by atoms with Gasteiger partial charge in [0.2, 0.25) is 0 Å². The molecular formula is C25H23N5O3. The number of pyridine rings is 1. The largest absolute Gasteiger partial charge is 0.495 e. The molecule has 0 atom stereocenters. The number of ether oxygens (including phenoxy) is 1. The van der Waals surface area contributed by atoms with Gasteiger partial charge >= 0.3 is 0 Å². The highest BCUT2D eigenvalue weighted by Crippen LogP contribution is 2.28. The lowest BCUT2D eigenvalue weighted by Gasteiger charge is -2.36. The number of piperazine rings is 1. The van der Waals surface area contributed by atoms with Crippen LogP contribution >= 0.6 is 0 Å². The zero-order valence-electron chi connectivity index (χ0n) is 18.2. The van der Waals surface area contributed by atoms with Gasteiger partial charge in [0, 0.05) is 44.0 Å². The summed E-state index contributed by atoms with van der Waals surface area (Å²) in [5.41, 5.74) is 1.58. The highest BCUT2D eigenvalue weighted by molar-refractivity contribution is 6.05. The van der Waals surface area contributed by atoms with E-state index in [1.807, 2.05) is 30.3 Å². The smallest absolute Gasteiger partial charge is 0.279 e. The summed E-state index contributed by atoms with van der Waals surface area (Å²) in [4.78, 5) is 34.7. The Balaban J connectivity index is 1.47. The third-order valence-corrected chi connectivity index (χ3v) is 5.91. The van der Waals surface area contributed by atoms with Crippen LogP contribution in [-0.2, 0) is 0 Å². The first-order chi connectivity index (χ1) is 16.2. The molecule has 0 aliphatic carbocycles. The van der Waals surface area contributed by atoms with Crippen molar-refractivity contribution in [2.75, 3.05) is 38.2 Å². The van der Waals surface area contributed by atoms with E-state index < -0.39 is 0 Å². The lowest BCUT2D eigenvalue weighted by Crippen LogP contribution is -2.49. The van der Waals surface area contributed by atoms with Crippen LogP contribution in [-0.4, -0.2) is 58.9 Å². The Kier molecular flexibility index (Phi) is 5.48. The molecule has 0 N–H and O–H groups in total. The van der Waals surface area contributed by atoms with Crippen molar-refractivity contribution >= 4 is 22.4 Å². The fourth-order valence-corrected chi connectivity index (χ4v) is 4.20. The summed E-state index contributed by atoms with van der Waals surface area (Å²) in [5, 5.41) is 5.52. The number of amides is 1. The van der Waals surface area contributed by atoms with Gasteiger partial charge in [0.1, 0.15) is 5.75 Å². The first kappa shape index (κ1) is 20.7. The topological polar surface area (TPSA) is 80.6 Å². The number of carbonyl (C=O) groups excluding carboxylic acids is 1. The number of rotatable bonds is 4. The van der Waals surface area contributed by atoms with Gasteiger partial charge in [-0.2, -0.15) is 9.78 Å². The molecule has 3 heterocycles. The van der Waals surface area contributed by atoms with Crippen LogP contribution in [0, 0.1) is 0 Å². The maximum atomic E-state index is 13.6. The van der Waals surface area contributed by atoms with Gasteiger partial charge in [0.05, 0.1) is 23.9 Å². The zero-order valence-corrected chi connectivity index (χ0v) is 18.2. The van der Waals surface area contributed by atoms with E-state index in [4.69, 9.17) is 4.74 Å². The molecule has 8 nitrogen and oxygen atoms in total. The number of aromatic nitrogens is 3. The van der Waals surface area contributed by atoms with Crippen molar-refractivity contribution in [3.63, 3.8) is 0 Å². The Morgan fingerprint density at radius 2 is 1.55 bits per heavy atom. The maximum Gasteiger partial charge on any atom is 0.279 e. The molecule has 33 heavy (non-hydrogen) atoms. The molecule has 1 aliphatic heterocycles. The molecule has 0 radical (unpaired) electrons. The van der Waals surface area contributed by atoms with Crippen molar-refractivity contribution in [2.24, 2.45) is 0 Å². The lowest BCUT2D eigenvalue weighted by molar-refractivity contribution is 0.0741. The average molecular weight is 441 g/mol. The van der Waals surface area contributed by atoms with Crippen LogP contribution in [0.2, 0.25) is 0 Å². The molecule has 1 aliphatic rings. The Bertz CT molecular complexity index is 1360. The Morgan fingerprint density at radius 3 is 2.27 bits per heavy atom. The minimum Gasteiger partial charge on any atom is -0.495 e. The molecule has 1 amide bonds. The van der Waals surface area contributed by atoms with Crippen molar-refractivity contribution in [3.8, 4) is 11.4 Å². The number of fused-ring (bicyclic) bond motifs is 1. The fourth-order valence-electron chi connectivity index (χ4n) is 4.20. The number of hydrogen-bond donors (Lipinski definition) is 0. The van der Waals surface area contributed by atoms with E-state index in [2.05, 4.69) is 15.0 Å². The van der Waals surface area contributed by atoms with Gasteiger partial charge in [-0.15, -0.1) is 0 Å². The summed E-state index contributed by atoms with van der Waals surface area (Å²) in [6, 6.07) is 18.4. The third kappa shape index (κ3) is 3.80. The fraction of sp³-hybridized carbons (Fsp3) is 0.200. The molecule has 2 aromatic carbocycles. The molecule has 166 valence electrons. The molecule has 1 fully saturated rings. The second kappa shape index (κ2) is 8.74. The maximum absolute atomic E-state index is 13.6. The Hall–Kier alpha value is -4.20. The van der Waals surface area contributed by atoms with Crippen molar-refractivity contribution in [1.29, 1.82) is 0 Å². The van der Waals surface area contributed by atoms with Gasteiger partial charge in [-0.25, -0.2) is 0 Å². The molecule has 5 rings (SSSR count). The van der Waals surface area contributed by atoms with Gasteiger partial charge in [0.25, 0.3) is 11.5 Å². The molecule has 0 spiro atoms. The van der Waals surface area contributed by atoms with Crippen molar-refractivity contribution in [3.05, 3.63) is 89.1 Å². The molecular weight excluding hydrogens is 418 g/mol. The summed E-state index contributed by atoms with van der Waals surface area (Å²) < 4.78 is 6.77. The van der Waals surface area contributed by atoms with E-state index >= 15 is 0 Å². The minimum absolute atomic E-state index is 0.186. The van der Waals surface area contributed by atoms with Crippen molar-refractivity contribution < 1.29 is 9.53 Å². The lowest BCUT2D eigenvalue weighted by atomic mass is 10.1. The monoisotopic (exact) mass is 441 g/mol. The molecule has 2 aromatic heterocycles. The Morgan fingerprint density at radius 1 is 0.879 bits per heavy atom. The summed E-state index contributed by atoms with van der Waals surface area (Å²) in [6.45, 7) is 2.44. The quantitative estimate of drug-likeness (QED) is 0.485. The van der Waals surface area contributed by atoms with Crippen LogP contribution < -0.4 is 15.2 Å².